The summed E-state index contributed by atoms with van der Waals surface area (Å²) < 4.78 is 16.9. The molecule has 1 saturated carbocycles. The Morgan fingerprint density at radius 2 is 1.92 bits per heavy atom. The average molecular weight is 351 g/mol. The normalized spacial score (nSPS) is 14.7. The minimum absolute atomic E-state index is 0.0942. The van der Waals surface area contributed by atoms with Crippen molar-refractivity contribution in [2.45, 2.75) is 31.8 Å². The van der Waals surface area contributed by atoms with Crippen LogP contribution < -0.4 is 20.6 Å². The monoisotopic (exact) mass is 351 g/mol. The fourth-order valence-electron chi connectivity index (χ4n) is 3.48. The number of benzene rings is 2. The number of fused-ring (bicyclic) bond motifs is 1. The number of ether oxygens (including phenoxy) is 2. The Balaban J connectivity index is 1.70. The van der Waals surface area contributed by atoms with Gasteiger partial charge < -0.3 is 19.6 Å². The molecule has 3 aromatic rings. The van der Waals surface area contributed by atoms with Crippen LogP contribution in [0.25, 0.3) is 22.1 Å². The summed E-state index contributed by atoms with van der Waals surface area (Å²) in [5.74, 6) is 1.32. The molecule has 0 radical (unpaired) electrons. The maximum atomic E-state index is 12.9. The third-order valence-corrected chi connectivity index (χ3v) is 4.89. The fraction of sp³-hybridized carbons (Fsp3) is 0.286. The highest BCUT2D eigenvalue weighted by Gasteiger charge is 2.17. The molecule has 0 amide bonds. The van der Waals surface area contributed by atoms with Crippen LogP contribution in [0.1, 0.15) is 25.7 Å². The van der Waals surface area contributed by atoms with E-state index in [0.29, 0.717) is 33.5 Å². The standard InChI is InChI=1S/C21H21NO4/c1-24-19-9-6-13(10-18(19)22)17-12-25-20-11-15(7-8-16(20)21(17)23)26-14-4-2-3-5-14/h6-12,14H,2-5,22H2,1H3. The van der Waals surface area contributed by atoms with Crippen molar-refractivity contribution in [3.05, 3.63) is 52.9 Å². The van der Waals surface area contributed by atoms with Crippen LogP contribution in [0.5, 0.6) is 11.5 Å². The van der Waals surface area contributed by atoms with Gasteiger partial charge in [-0.2, -0.15) is 0 Å². The van der Waals surface area contributed by atoms with Gasteiger partial charge in [-0.25, -0.2) is 0 Å². The van der Waals surface area contributed by atoms with Crippen LogP contribution in [0.3, 0.4) is 0 Å². The zero-order valence-electron chi connectivity index (χ0n) is 14.7. The third-order valence-electron chi connectivity index (χ3n) is 4.89. The van der Waals surface area contributed by atoms with E-state index in [4.69, 9.17) is 19.6 Å². The number of anilines is 1. The van der Waals surface area contributed by atoms with Crippen LogP contribution in [0.2, 0.25) is 0 Å². The molecule has 1 aliphatic carbocycles. The first-order valence-electron chi connectivity index (χ1n) is 8.82. The summed E-state index contributed by atoms with van der Waals surface area (Å²) in [6.07, 6.45) is 6.33. The van der Waals surface area contributed by atoms with E-state index in [1.165, 1.54) is 19.1 Å². The van der Waals surface area contributed by atoms with Gasteiger partial charge in [-0.3, -0.25) is 4.79 Å². The topological polar surface area (TPSA) is 74.7 Å². The van der Waals surface area contributed by atoms with E-state index in [1.54, 1.807) is 37.4 Å². The molecule has 5 heteroatoms. The van der Waals surface area contributed by atoms with Crippen LogP contribution in [0.15, 0.2) is 51.9 Å². The quantitative estimate of drug-likeness (QED) is 0.706. The molecule has 1 aromatic heterocycles. The van der Waals surface area contributed by atoms with Crippen LogP contribution in [0, 0.1) is 0 Å². The van der Waals surface area contributed by atoms with Gasteiger partial charge in [0, 0.05) is 6.07 Å². The SMILES string of the molecule is COc1ccc(-c2coc3cc(OC4CCCC4)ccc3c2=O)cc1N. The lowest BCUT2D eigenvalue weighted by Crippen LogP contribution is -2.11. The van der Waals surface area contributed by atoms with Crippen molar-refractivity contribution in [3.8, 4) is 22.6 Å². The van der Waals surface area contributed by atoms with Crippen molar-refractivity contribution in [3.63, 3.8) is 0 Å². The van der Waals surface area contributed by atoms with Crippen LogP contribution >= 0.6 is 0 Å². The molecule has 0 aliphatic heterocycles. The van der Waals surface area contributed by atoms with Gasteiger partial charge >= 0.3 is 0 Å². The zero-order chi connectivity index (χ0) is 18.1. The maximum absolute atomic E-state index is 12.9. The molecule has 26 heavy (non-hydrogen) atoms. The minimum Gasteiger partial charge on any atom is -0.495 e. The summed E-state index contributed by atoms with van der Waals surface area (Å²) in [5.41, 5.74) is 8.03. The Morgan fingerprint density at radius 3 is 2.65 bits per heavy atom. The van der Waals surface area contributed by atoms with Crippen LogP contribution in [-0.4, -0.2) is 13.2 Å². The highest BCUT2D eigenvalue weighted by molar-refractivity contribution is 5.83. The highest BCUT2D eigenvalue weighted by Crippen LogP contribution is 2.29. The van der Waals surface area contributed by atoms with Crippen molar-refractivity contribution in [1.29, 1.82) is 0 Å². The van der Waals surface area contributed by atoms with E-state index in [9.17, 15) is 4.79 Å². The van der Waals surface area contributed by atoms with Crippen molar-refractivity contribution in [2.24, 2.45) is 0 Å². The molecule has 0 atom stereocenters. The predicted octanol–water partition coefficient (Wildman–Crippen LogP) is 4.37. The molecule has 0 spiro atoms. The summed E-state index contributed by atoms with van der Waals surface area (Å²) in [4.78, 5) is 12.9. The predicted molar refractivity (Wildman–Crippen MR) is 102 cm³/mol. The molecule has 2 aromatic carbocycles. The second-order valence-corrected chi connectivity index (χ2v) is 6.62. The first-order valence-corrected chi connectivity index (χ1v) is 8.82. The number of rotatable bonds is 4. The fourth-order valence-corrected chi connectivity index (χ4v) is 3.48. The Morgan fingerprint density at radius 1 is 1.12 bits per heavy atom. The Labute approximate surface area is 151 Å². The van der Waals surface area contributed by atoms with Gasteiger partial charge in [0.2, 0.25) is 0 Å². The number of nitrogens with two attached hydrogens (primary N) is 1. The first-order chi connectivity index (χ1) is 12.7. The molecule has 134 valence electrons. The molecule has 2 N–H and O–H groups in total. The Hall–Kier alpha value is -2.95. The number of hydrogen-bond donors (Lipinski definition) is 1. The molecule has 0 bridgehead atoms. The molecular formula is C21H21NO4. The van der Waals surface area contributed by atoms with Gasteiger partial charge in [-0.1, -0.05) is 6.07 Å². The largest absolute Gasteiger partial charge is 0.495 e. The summed E-state index contributed by atoms with van der Waals surface area (Å²) >= 11 is 0. The molecule has 1 aliphatic rings. The molecule has 0 saturated heterocycles. The maximum Gasteiger partial charge on any atom is 0.200 e. The van der Waals surface area contributed by atoms with Crippen LogP contribution in [-0.2, 0) is 0 Å². The van der Waals surface area contributed by atoms with Gasteiger partial charge in [0.1, 0.15) is 23.3 Å². The van der Waals surface area contributed by atoms with Crippen LogP contribution in [0.4, 0.5) is 5.69 Å². The van der Waals surface area contributed by atoms with Gasteiger partial charge in [0.25, 0.3) is 0 Å². The Bertz CT molecular complexity index is 1000. The third kappa shape index (κ3) is 3.01. The van der Waals surface area contributed by atoms with Crippen molar-refractivity contribution in [2.75, 3.05) is 12.8 Å². The molecule has 5 nitrogen and oxygen atoms in total. The second kappa shape index (κ2) is 6.75. The zero-order valence-corrected chi connectivity index (χ0v) is 14.7. The molecule has 1 heterocycles. The summed E-state index contributed by atoms with van der Waals surface area (Å²) in [6, 6.07) is 10.7. The number of hydrogen-bond acceptors (Lipinski definition) is 5. The van der Waals surface area contributed by atoms with Crippen molar-refractivity contribution >= 4 is 16.7 Å². The molecule has 0 unspecified atom stereocenters. The lowest BCUT2D eigenvalue weighted by molar-refractivity contribution is 0.210. The Kier molecular flexibility index (Phi) is 4.29. The van der Waals surface area contributed by atoms with E-state index in [2.05, 4.69) is 0 Å². The van der Waals surface area contributed by atoms with Gasteiger partial charge in [-0.15, -0.1) is 0 Å². The lowest BCUT2D eigenvalue weighted by Gasteiger charge is -2.13. The van der Waals surface area contributed by atoms with Gasteiger partial charge in [0.15, 0.2) is 5.43 Å². The second-order valence-electron chi connectivity index (χ2n) is 6.62. The number of methoxy groups -OCH3 is 1. The summed E-state index contributed by atoms with van der Waals surface area (Å²) in [7, 11) is 1.56. The lowest BCUT2D eigenvalue weighted by atomic mass is 10.0. The van der Waals surface area contributed by atoms with Gasteiger partial charge in [0.05, 0.1) is 29.9 Å². The van der Waals surface area contributed by atoms with E-state index in [-0.39, 0.29) is 11.5 Å². The van der Waals surface area contributed by atoms with E-state index in [0.717, 1.165) is 18.6 Å². The molecular weight excluding hydrogens is 330 g/mol. The summed E-state index contributed by atoms with van der Waals surface area (Å²) in [6.45, 7) is 0. The van der Waals surface area contributed by atoms with E-state index in [1.807, 2.05) is 6.07 Å². The van der Waals surface area contributed by atoms with E-state index >= 15 is 0 Å². The average Bonchev–Trinajstić information content (AvgIpc) is 3.15. The number of nitrogen functional groups attached to an aromatic ring is 1. The van der Waals surface area contributed by atoms with E-state index < -0.39 is 0 Å². The minimum atomic E-state index is -0.0942. The first kappa shape index (κ1) is 16.5. The molecule has 4 rings (SSSR count). The highest BCUT2D eigenvalue weighted by atomic mass is 16.5. The smallest absolute Gasteiger partial charge is 0.200 e. The van der Waals surface area contributed by atoms with Gasteiger partial charge in [-0.05, 0) is 55.5 Å². The van der Waals surface area contributed by atoms with Crippen molar-refractivity contribution < 1.29 is 13.9 Å². The summed E-state index contributed by atoms with van der Waals surface area (Å²) in [5, 5.41) is 0.524. The molecule has 1 fully saturated rings. The van der Waals surface area contributed by atoms with Crippen molar-refractivity contribution in [1.82, 2.24) is 0 Å².